The second-order valence-electron chi connectivity index (χ2n) is 4.16. The van der Waals surface area contributed by atoms with Crippen LogP contribution in [-0.4, -0.2) is 15.9 Å². The highest BCUT2D eigenvalue weighted by atomic mass is 32.1. The van der Waals surface area contributed by atoms with Gasteiger partial charge < -0.3 is 15.3 Å². The number of nitrogens with one attached hydrogen (secondary N) is 3. The maximum atomic E-state index is 12.0. The van der Waals surface area contributed by atoms with Crippen LogP contribution >= 0.6 is 12.2 Å². The number of anilines is 1. The third-order valence-corrected chi connectivity index (χ3v) is 3.01. The van der Waals surface area contributed by atoms with Crippen LogP contribution < -0.4 is 5.32 Å². The van der Waals surface area contributed by atoms with Gasteiger partial charge in [0.1, 0.15) is 0 Å². The number of hydrogen-bond donors (Lipinski definition) is 3. The summed E-state index contributed by atoms with van der Waals surface area (Å²) in [7, 11) is 0. The number of aromatic amines is 2. The lowest BCUT2D eigenvalue weighted by molar-refractivity contribution is 0.102. The van der Waals surface area contributed by atoms with Crippen molar-refractivity contribution in [3.8, 4) is 0 Å². The molecule has 0 aliphatic heterocycles. The van der Waals surface area contributed by atoms with Gasteiger partial charge in [0.05, 0.1) is 11.0 Å². The van der Waals surface area contributed by atoms with Crippen molar-refractivity contribution in [3.05, 3.63) is 58.9 Å². The lowest BCUT2D eigenvalue weighted by atomic mass is 10.2. The molecule has 4 nitrogen and oxygen atoms in total. The largest absolute Gasteiger partial charge is 0.331 e. The standard InChI is InChI=1S/C14H11N3OS/c18-13(9-4-2-1-3-5-9)15-10-6-7-11-12(8-10)17-14(19)16-11/h1-8H,(H,15,18)(H2,16,17,19). The van der Waals surface area contributed by atoms with Crippen LogP contribution in [0.1, 0.15) is 10.4 Å². The second-order valence-corrected chi connectivity index (χ2v) is 4.57. The fourth-order valence-electron chi connectivity index (χ4n) is 1.90. The highest BCUT2D eigenvalue weighted by molar-refractivity contribution is 7.71. The van der Waals surface area contributed by atoms with Gasteiger partial charge in [-0.05, 0) is 42.5 Å². The predicted molar refractivity (Wildman–Crippen MR) is 77.9 cm³/mol. The molecule has 0 saturated heterocycles. The van der Waals surface area contributed by atoms with Gasteiger partial charge in [0.2, 0.25) is 0 Å². The predicted octanol–water partition coefficient (Wildman–Crippen LogP) is 3.48. The van der Waals surface area contributed by atoms with E-state index in [-0.39, 0.29) is 5.91 Å². The molecule has 0 spiro atoms. The number of aromatic nitrogens is 2. The Kier molecular flexibility index (Phi) is 2.89. The van der Waals surface area contributed by atoms with Gasteiger partial charge in [-0.1, -0.05) is 18.2 Å². The van der Waals surface area contributed by atoms with E-state index in [1.807, 2.05) is 36.4 Å². The molecule has 3 rings (SSSR count). The molecule has 0 aliphatic carbocycles. The van der Waals surface area contributed by atoms with Crippen LogP contribution in [0.3, 0.4) is 0 Å². The van der Waals surface area contributed by atoms with E-state index in [4.69, 9.17) is 12.2 Å². The fraction of sp³-hybridized carbons (Fsp3) is 0. The zero-order valence-electron chi connectivity index (χ0n) is 9.94. The van der Waals surface area contributed by atoms with E-state index in [1.54, 1.807) is 12.1 Å². The normalized spacial score (nSPS) is 10.5. The molecule has 0 radical (unpaired) electrons. The first kappa shape index (κ1) is 11.7. The molecule has 3 N–H and O–H groups in total. The van der Waals surface area contributed by atoms with Crippen LogP contribution in [0, 0.1) is 4.77 Å². The van der Waals surface area contributed by atoms with Gasteiger partial charge in [0.15, 0.2) is 4.77 Å². The minimum absolute atomic E-state index is 0.130. The number of fused-ring (bicyclic) bond motifs is 1. The van der Waals surface area contributed by atoms with Gasteiger partial charge in [-0.15, -0.1) is 0 Å². The highest BCUT2D eigenvalue weighted by Crippen LogP contribution is 2.17. The van der Waals surface area contributed by atoms with Crippen molar-refractivity contribution < 1.29 is 4.79 Å². The van der Waals surface area contributed by atoms with Crippen LogP contribution in [0.2, 0.25) is 0 Å². The summed E-state index contributed by atoms with van der Waals surface area (Å²) in [5.74, 6) is -0.130. The smallest absolute Gasteiger partial charge is 0.255 e. The van der Waals surface area contributed by atoms with Gasteiger partial charge in [0, 0.05) is 11.3 Å². The summed E-state index contributed by atoms with van der Waals surface area (Å²) in [6, 6.07) is 14.7. The van der Waals surface area contributed by atoms with E-state index in [2.05, 4.69) is 15.3 Å². The SMILES string of the molecule is O=C(Nc1ccc2[nH]c(=S)[nH]c2c1)c1ccccc1. The summed E-state index contributed by atoms with van der Waals surface area (Å²) in [5, 5.41) is 2.85. The van der Waals surface area contributed by atoms with Gasteiger partial charge in [-0.2, -0.15) is 0 Å². The Labute approximate surface area is 114 Å². The minimum Gasteiger partial charge on any atom is -0.331 e. The van der Waals surface area contributed by atoms with Gasteiger partial charge in [0.25, 0.3) is 5.91 Å². The Bertz CT molecular complexity index is 789. The number of rotatable bonds is 2. The first-order valence-corrected chi connectivity index (χ1v) is 6.22. The number of carbonyl (C=O) groups is 1. The molecule has 1 aromatic heterocycles. The maximum Gasteiger partial charge on any atom is 0.255 e. The van der Waals surface area contributed by atoms with Crippen LogP contribution in [0.25, 0.3) is 11.0 Å². The van der Waals surface area contributed by atoms with Gasteiger partial charge in [-0.25, -0.2) is 0 Å². The molecule has 19 heavy (non-hydrogen) atoms. The molecule has 0 saturated carbocycles. The average molecular weight is 269 g/mol. The van der Waals surface area contributed by atoms with Crippen molar-refractivity contribution in [2.24, 2.45) is 0 Å². The van der Waals surface area contributed by atoms with Crippen molar-refractivity contribution in [1.82, 2.24) is 9.97 Å². The van der Waals surface area contributed by atoms with Crippen molar-refractivity contribution in [2.45, 2.75) is 0 Å². The summed E-state index contributed by atoms with van der Waals surface area (Å²) in [6.07, 6.45) is 0. The van der Waals surface area contributed by atoms with Crippen LogP contribution in [0.4, 0.5) is 5.69 Å². The lowest BCUT2D eigenvalue weighted by Crippen LogP contribution is -2.11. The van der Waals surface area contributed by atoms with E-state index in [9.17, 15) is 4.79 Å². The molecule has 5 heteroatoms. The third-order valence-electron chi connectivity index (χ3n) is 2.81. The number of carbonyl (C=O) groups excluding carboxylic acids is 1. The molecule has 1 amide bonds. The summed E-state index contributed by atoms with van der Waals surface area (Å²) in [6.45, 7) is 0. The summed E-state index contributed by atoms with van der Waals surface area (Å²) in [4.78, 5) is 18.0. The number of hydrogen-bond acceptors (Lipinski definition) is 2. The number of amides is 1. The average Bonchev–Trinajstić information content (AvgIpc) is 2.79. The molecule has 94 valence electrons. The molecule has 1 heterocycles. The monoisotopic (exact) mass is 269 g/mol. The molecule has 0 fully saturated rings. The quantitative estimate of drug-likeness (QED) is 0.624. The molecule has 2 aromatic carbocycles. The zero-order valence-corrected chi connectivity index (χ0v) is 10.8. The van der Waals surface area contributed by atoms with E-state index in [0.29, 0.717) is 10.3 Å². The van der Waals surface area contributed by atoms with Gasteiger partial charge in [-0.3, -0.25) is 4.79 Å². The molecular formula is C14H11N3OS. The second kappa shape index (κ2) is 4.70. The first-order chi connectivity index (χ1) is 9.22. The fourth-order valence-corrected chi connectivity index (χ4v) is 2.12. The first-order valence-electron chi connectivity index (χ1n) is 5.81. The van der Waals surface area contributed by atoms with Crippen molar-refractivity contribution in [2.75, 3.05) is 5.32 Å². The Balaban J connectivity index is 1.89. The lowest BCUT2D eigenvalue weighted by Gasteiger charge is -2.05. The maximum absolute atomic E-state index is 12.0. The molecule has 0 atom stereocenters. The number of benzene rings is 2. The van der Waals surface area contributed by atoms with E-state index < -0.39 is 0 Å². The minimum atomic E-state index is -0.130. The van der Waals surface area contributed by atoms with Crippen LogP contribution in [0.15, 0.2) is 48.5 Å². The Morgan fingerprint density at radius 3 is 2.53 bits per heavy atom. The Morgan fingerprint density at radius 1 is 1.00 bits per heavy atom. The molecule has 0 bridgehead atoms. The summed E-state index contributed by atoms with van der Waals surface area (Å²) in [5.41, 5.74) is 3.15. The highest BCUT2D eigenvalue weighted by Gasteiger charge is 2.05. The zero-order chi connectivity index (χ0) is 13.2. The van der Waals surface area contributed by atoms with E-state index in [1.165, 1.54) is 0 Å². The summed E-state index contributed by atoms with van der Waals surface area (Å²) < 4.78 is 0.571. The number of imidazole rings is 1. The molecule has 0 unspecified atom stereocenters. The van der Waals surface area contributed by atoms with Gasteiger partial charge >= 0.3 is 0 Å². The Hall–Kier alpha value is -2.40. The number of H-pyrrole nitrogens is 2. The Morgan fingerprint density at radius 2 is 1.74 bits per heavy atom. The van der Waals surface area contributed by atoms with Crippen molar-refractivity contribution in [1.29, 1.82) is 0 Å². The molecule has 0 aliphatic rings. The van der Waals surface area contributed by atoms with E-state index in [0.717, 1.165) is 16.7 Å². The third kappa shape index (κ3) is 2.41. The van der Waals surface area contributed by atoms with Crippen LogP contribution in [-0.2, 0) is 0 Å². The van der Waals surface area contributed by atoms with E-state index >= 15 is 0 Å². The van der Waals surface area contributed by atoms with Crippen molar-refractivity contribution in [3.63, 3.8) is 0 Å². The van der Waals surface area contributed by atoms with Crippen LogP contribution in [0.5, 0.6) is 0 Å². The van der Waals surface area contributed by atoms with Crippen molar-refractivity contribution >= 4 is 34.8 Å². The molecular weight excluding hydrogens is 258 g/mol. The molecule has 3 aromatic rings. The topological polar surface area (TPSA) is 60.7 Å². The summed E-state index contributed by atoms with van der Waals surface area (Å²) >= 11 is 5.02.